The second-order valence-electron chi connectivity index (χ2n) is 8.65. The molecular formula is C30H34BrN3O6. The Bertz CT molecular complexity index is 1250. The summed E-state index contributed by atoms with van der Waals surface area (Å²) in [7, 11) is 0. The van der Waals surface area contributed by atoms with Gasteiger partial charge in [0.25, 0.3) is 0 Å². The molecule has 9 nitrogen and oxygen atoms in total. The number of nitrogens with two attached hydrogens (primary N) is 1. The van der Waals surface area contributed by atoms with Crippen molar-refractivity contribution in [3.63, 3.8) is 0 Å². The molecule has 0 saturated heterocycles. The van der Waals surface area contributed by atoms with E-state index >= 15 is 0 Å². The van der Waals surface area contributed by atoms with Gasteiger partial charge in [-0.15, -0.1) is 0 Å². The first-order chi connectivity index (χ1) is 19.4. The molecule has 0 aromatic heterocycles. The van der Waals surface area contributed by atoms with Crippen molar-refractivity contribution in [3.8, 4) is 5.75 Å². The number of allylic oxidation sites excluding steroid dienone is 1. The Labute approximate surface area is 242 Å². The van der Waals surface area contributed by atoms with E-state index in [0.717, 1.165) is 4.47 Å². The number of amides is 2. The van der Waals surface area contributed by atoms with E-state index in [-0.39, 0.29) is 19.1 Å². The molecule has 3 aromatic carbocycles. The Balaban J connectivity index is 1.71. The van der Waals surface area contributed by atoms with Crippen LogP contribution in [0.4, 0.5) is 21.9 Å². The second-order valence-corrected chi connectivity index (χ2v) is 9.56. The number of ether oxygens (including phenoxy) is 3. The molecule has 40 heavy (non-hydrogen) atoms. The third kappa shape index (κ3) is 10.0. The highest BCUT2D eigenvalue weighted by molar-refractivity contribution is 9.10. The van der Waals surface area contributed by atoms with Gasteiger partial charge >= 0.3 is 6.09 Å². The van der Waals surface area contributed by atoms with Crippen molar-refractivity contribution in [2.24, 2.45) is 0 Å². The Kier molecular flexibility index (Phi) is 12.5. The van der Waals surface area contributed by atoms with Gasteiger partial charge in [-0.2, -0.15) is 0 Å². The molecule has 2 amide bonds. The fraction of sp³-hybridized carbons (Fsp3) is 0.267. The van der Waals surface area contributed by atoms with E-state index in [2.05, 4.69) is 26.6 Å². The zero-order valence-corrected chi connectivity index (χ0v) is 23.8. The van der Waals surface area contributed by atoms with Crippen molar-refractivity contribution < 1.29 is 28.9 Å². The van der Waals surface area contributed by atoms with E-state index < -0.39 is 18.3 Å². The van der Waals surface area contributed by atoms with Crippen LogP contribution >= 0.6 is 15.9 Å². The first-order valence-electron chi connectivity index (χ1n) is 12.9. The normalized spacial score (nSPS) is 12.5. The van der Waals surface area contributed by atoms with E-state index in [9.17, 15) is 9.59 Å². The van der Waals surface area contributed by atoms with Crippen LogP contribution in [-0.2, 0) is 14.3 Å². The van der Waals surface area contributed by atoms with Gasteiger partial charge in [-0.25, -0.2) is 4.79 Å². The molecule has 0 radical (unpaired) electrons. The standard InChI is InChI=1S/C30H34BrN3O6/c1-2-38-27(9-5-6-10-28(36)34-26-8-4-3-7-25(26)32)29(21-11-17-24(18-12-21)39-20-19-35)40-30(37)33-23-15-13-22(31)14-16-23/h3-4,6-8,10-18,27,29,35H,2,5,9,19-20,32H2,1H3,(H,33,37)(H,34,36)/b10-6+/t27-,29-/m1/s1. The number of nitrogens with one attached hydrogen (secondary N) is 2. The van der Waals surface area contributed by atoms with Crippen molar-refractivity contribution in [2.75, 3.05) is 36.2 Å². The molecule has 0 unspecified atom stereocenters. The third-order valence-corrected chi connectivity index (χ3v) is 6.25. The van der Waals surface area contributed by atoms with E-state index in [0.29, 0.717) is 47.8 Å². The van der Waals surface area contributed by atoms with Crippen LogP contribution in [0.25, 0.3) is 0 Å². The maximum absolute atomic E-state index is 12.9. The molecule has 0 aliphatic heterocycles. The molecule has 0 saturated carbocycles. The highest BCUT2D eigenvalue weighted by atomic mass is 79.9. The number of rotatable bonds is 14. The Hall–Kier alpha value is -3.86. The molecule has 0 heterocycles. The van der Waals surface area contributed by atoms with Crippen LogP contribution in [0.3, 0.4) is 0 Å². The van der Waals surface area contributed by atoms with Gasteiger partial charge < -0.3 is 30.4 Å². The quantitative estimate of drug-likeness (QED) is 0.128. The smallest absolute Gasteiger partial charge is 0.412 e. The van der Waals surface area contributed by atoms with Gasteiger partial charge in [0.15, 0.2) is 6.10 Å². The Morgan fingerprint density at radius 2 is 1.75 bits per heavy atom. The molecule has 0 fully saturated rings. The summed E-state index contributed by atoms with van der Waals surface area (Å²) in [5.74, 6) is 0.280. The number of carbonyl (C=O) groups excluding carboxylic acids is 2. The van der Waals surface area contributed by atoms with Gasteiger partial charge in [0.1, 0.15) is 12.4 Å². The number of benzene rings is 3. The molecule has 3 rings (SSSR count). The molecular weight excluding hydrogens is 578 g/mol. The van der Waals surface area contributed by atoms with E-state index in [1.54, 1.807) is 66.7 Å². The van der Waals surface area contributed by atoms with Gasteiger partial charge in [-0.1, -0.05) is 46.3 Å². The number of para-hydroxylation sites is 2. The highest BCUT2D eigenvalue weighted by Crippen LogP contribution is 2.29. The van der Waals surface area contributed by atoms with E-state index in [4.69, 9.17) is 25.1 Å². The number of carbonyl (C=O) groups is 2. The zero-order valence-electron chi connectivity index (χ0n) is 22.2. The number of aliphatic hydroxyl groups excluding tert-OH is 1. The average molecular weight is 613 g/mol. The molecule has 0 bridgehead atoms. The first-order valence-corrected chi connectivity index (χ1v) is 13.7. The Morgan fingerprint density at radius 3 is 2.42 bits per heavy atom. The zero-order chi connectivity index (χ0) is 28.7. The fourth-order valence-electron chi connectivity index (χ4n) is 3.84. The summed E-state index contributed by atoms with van der Waals surface area (Å²) in [5, 5.41) is 14.5. The summed E-state index contributed by atoms with van der Waals surface area (Å²) in [4.78, 5) is 25.2. The van der Waals surface area contributed by atoms with Crippen LogP contribution in [0.5, 0.6) is 5.75 Å². The fourth-order valence-corrected chi connectivity index (χ4v) is 4.11. The van der Waals surface area contributed by atoms with Crippen molar-refractivity contribution >= 4 is 45.0 Å². The molecule has 3 aromatic rings. The minimum Gasteiger partial charge on any atom is -0.491 e. The number of hydrogen-bond acceptors (Lipinski definition) is 7. The van der Waals surface area contributed by atoms with Crippen molar-refractivity contribution in [3.05, 3.63) is 95.0 Å². The second kappa shape index (κ2) is 16.3. The number of halogens is 1. The third-order valence-electron chi connectivity index (χ3n) is 5.72. The molecule has 0 aliphatic carbocycles. The lowest BCUT2D eigenvalue weighted by molar-refractivity contribution is -0.111. The van der Waals surface area contributed by atoms with Crippen molar-refractivity contribution in [2.45, 2.75) is 32.0 Å². The topological polar surface area (TPSA) is 132 Å². The predicted octanol–water partition coefficient (Wildman–Crippen LogP) is 6.07. The van der Waals surface area contributed by atoms with Crippen molar-refractivity contribution in [1.29, 1.82) is 0 Å². The van der Waals surface area contributed by atoms with Crippen LogP contribution in [0, 0.1) is 0 Å². The summed E-state index contributed by atoms with van der Waals surface area (Å²) >= 11 is 3.38. The number of hydrogen-bond donors (Lipinski definition) is 4. The van der Waals surface area contributed by atoms with Crippen LogP contribution in [-0.4, -0.2) is 43.0 Å². The van der Waals surface area contributed by atoms with Gasteiger partial charge in [0.05, 0.1) is 24.1 Å². The molecule has 0 spiro atoms. The molecule has 0 aliphatic rings. The van der Waals surface area contributed by atoms with Gasteiger partial charge in [0, 0.05) is 16.8 Å². The van der Waals surface area contributed by atoms with Gasteiger partial charge in [-0.05, 0) is 79.9 Å². The summed E-state index contributed by atoms with van der Waals surface area (Å²) in [5.41, 5.74) is 8.21. The van der Waals surface area contributed by atoms with E-state index in [1.807, 2.05) is 19.1 Å². The average Bonchev–Trinajstić information content (AvgIpc) is 2.95. The molecule has 212 valence electrons. The Morgan fingerprint density at radius 1 is 1.02 bits per heavy atom. The maximum atomic E-state index is 12.9. The summed E-state index contributed by atoms with van der Waals surface area (Å²) in [6.07, 6.45) is 2.28. The number of nitrogen functional groups attached to an aromatic ring is 1. The van der Waals surface area contributed by atoms with E-state index in [1.165, 1.54) is 6.08 Å². The SMILES string of the molecule is CCO[C@H](CC/C=C/C(=O)Nc1ccccc1N)[C@H](OC(=O)Nc1ccc(Br)cc1)c1ccc(OCCO)cc1. The largest absolute Gasteiger partial charge is 0.491 e. The van der Waals surface area contributed by atoms with Gasteiger partial charge in [-0.3, -0.25) is 10.1 Å². The van der Waals surface area contributed by atoms with Crippen LogP contribution in [0.2, 0.25) is 0 Å². The monoisotopic (exact) mass is 611 g/mol. The molecule has 2 atom stereocenters. The van der Waals surface area contributed by atoms with Crippen molar-refractivity contribution in [1.82, 2.24) is 0 Å². The number of aliphatic hydroxyl groups is 1. The van der Waals surface area contributed by atoms with Crippen LogP contribution in [0.15, 0.2) is 89.4 Å². The predicted molar refractivity (Wildman–Crippen MR) is 159 cm³/mol. The minimum atomic E-state index is -0.742. The summed E-state index contributed by atoms with van der Waals surface area (Å²) in [6.45, 7) is 2.34. The van der Waals surface area contributed by atoms with Gasteiger partial charge in [0.2, 0.25) is 5.91 Å². The highest BCUT2D eigenvalue weighted by Gasteiger charge is 2.27. The summed E-state index contributed by atoms with van der Waals surface area (Å²) in [6, 6.07) is 21.3. The lowest BCUT2D eigenvalue weighted by atomic mass is 10.00. The molecule has 5 N–H and O–H groups in total. The minimum absolute atomic E-state index is 0.0968. The number of anilines is 3. The maximum Gasteiger partial charge on any atom is 0.412 e. The van der Waals surface area contributed by atoms with Crippen LogP contribution in [0.1, 0.15) is 31.4 Å². The van der Waals surface area contributed by atoms with Crippen LogP contribution < -0.4 is 21.1 Å². The molecule has 10 heteroatoms. The lowest BCUT2D eigenvalue weighted by Gasteiger charge is -2.27. The first kappa shape index (κ1) is 30.7. The lowest BCUT2D eigenvalue weighted by Crippen LogP contribution is -2.29. The summed E-state index contributed by atoms with van der Waals surface area (Å²) < 4.78 is 18.3.